The Morgan fingerprint density at radius 2 is 1.84 bits per heavy atom. The fourth-order valence-corrected chi connectivity index (χ4v) is 6.63. The average Bonchev–Trinajstić information content (AvgIpc) is 3.06. The predicted octanol–water partition coefficient (Wildman–Crippen LogP) is 7.45. The van der Waals surface area contributed by atoms with Crippen molar-refractivity contribution in [2.75, 3.05) is 0 Å². The van der Waals surface area contributed by atoms with Crippen LogP contribution in [0.4, 0.5) is 0 Å². The fourth-order valence-electron chi connectivity index (χ4n) is 5.06. The van der Waals surface area contributed by atoms with Gasteiger partial charge in [0.1, 0.15) is 5.78 Å². The maximum Gasteiger partial charge on any atom is 0.335 e. The zero-order valence-electron chi connectivity index (χ0n) is 21.3. The van der Waals surface area contributed by atoms with E-state index in [1.54, 1.807) is 0 Å². The fraction of sp³-hybridized carbons (Fsp3) is 0.778. The third-order valence-corrected chi connectivity index (χ3v) is 12.5. The summed E-state index contributed by atoms with van der Waals surface area (Å²) in [5.41, 5.74) is 0.176. The molecule has 1 saturated carbocycles. The van der Waals surface area contributed by atoms with Crippen LogP contribution in [0.15, 0.2) is 23.8 Å². The second-order valence-electron chi connectivity index (χ2n) is 11.4. The van der Waals surface area contributed by atoms with Gasteiger partial charge in [-0.1, -0.05) is 77.2 Å². The second kappa shape index (κ2) is 11.3. The Morgan fingerprint density at radius 3 is 2.41 bits per heavy atom. The van der Waals surface area contributed by atoms with E-state index in [1.807, 2.05) is 0 Å². The monoisotopic (exact) mass is 462 g/mol. The Kier molecular flexibility index (Phi) is 9.54. The van der Waals surface area contributed by atoms with Gasteiger partial charge in [-0.2, -0.15) is 0 Å². The van der Waals surface area contributed by atoms with E-state index >= 15 is 0 Å². The minimum absolute atomic E-state index is 0.0252. The topological polar surface area (TPSA) is 63.6 Å². The van der Waals surface area contributed by atoms with E-state index in [9.17, 15) is 14.7 Å². The number of rotatable bonds is 11. The smallest absolute Gasteiger partial charge is 0.335 e. The molecule has 2 aliphatic carbocycles. The van der Waals surface area contributed by atoms with Crippen molar-refractivity contribution in [1.29, 1.82) is 0 Å². The lowest BCUT2D eigenvalue weighted by Gasteiger charge is -2.47. The summed E-state index contributed by atoms with van der Waals surface area (Å²) in [6.45, 7) is 13.0. The standard InChI is InChI=1S/C27H46O4Si/c1-7-14-21-18-19-24(28)23(21)17-12-9-13-20-27(25(29)30,22-15-10-8-11-16-22)31-32(5,6)26(2,3)4/h9,12,18,22-23H,7-8,10-11,13-17,19-20H2,1-6H3,(H,29,30)/t23-,27?/m1/s1. The lowest BCUT2D eigenvalue weighted by atomic mass is 9.74. The van der Waals surface area contributed by atoms with Crippen LogP contribution >= 0.6 is 0 Å². The summed E-state index contributed by atoms with van der Waals surface area (Å²) in [6.07, 6.45) is 16.1. The average molecular weight is 463 g/mol. The first-order chi connectivity index (χ1) is 14.9. The Morgan fingerprint density at radius 1 is 1.19 bits per heavy atom. The van der Waals surface area contributed by atoms with E-state index in [0.29, 0.717) is 25.0 Å². The summed E-state index contributed by atoms with van der Waals surface area (Å²) in [4.78, 5) is 25.0. The van der Waals surface area contributed by atoms with Crippen LogP contribution in [0, 0.1) is 11.8 Å². The van der Waals surface area contributed by atoms with Crippen LogP contribution in [0.25, 0.3) is 0 Å². The first kappa shape index (κ1) is 27.0. The molecule has 0 amide bonds. The molecule has 0 aromatic rings. The molecule has 1 unspecified atom stereocenters. The van der Waals surface area contributed by atoms with Gasteiger partial charge in [0.05, 0.1) is 0 Å². The highest BCUT2D eigenvalue weighted by atomic mass is 28.4. The van der Waals surface area contributed by atoms with Crippen molar-refractivity contribution in [3.05, 3.63) is 23.8 Å². The molecule has 0 aliphatic heterocycles. The third-order valence-electron chi connectivity index (χ3n) is 8.03. The molecule has 2 rings (SSSR count). The molecular formula is C27H46O4Si. The van der Waals surface area contributed by atoms with Gasteiger partial charge >= 0.3 is 5.97 Å². The first-order valence-corrected chi connectivity index (χ1v) is 15.7. The number of hydrogen-bond donors (Lipinski definition) is 1. The van der Waals surface area contributed by atoms with Crippen molar-refractivity contribution in [2.24, 2.45) is 11.8 Å². The number of ketones is 1. The van der Waals surface area contributed by atoms with Gasteiger partial charge < -0.3 is 9.53 Å². The van der Waals surface area contributed by atoms with Crippen LogP contribution in [-0.2, 0) is 14.0 Å². The van der Waals surface area contributed by atoms with Gasteiger partial charge in [-0.25, -0.2) is 4.79 Å². The van der Waals surface area contributed by atoms with Crippen molar-refractivity contribution in [3.63, 3.8) is 0 Å². The molecule has 0 bridgehead atoms. The summed E-state index contributed by atoms with van der Waals surface area (Å²) in [7, 11) is -2.26. The zero-order valence-corrected chi connectivity index (χ0v) is 22.3. The third kappa shape index (κ3) is 6.44. The van der Waals surface area contributed by atoms with Crippen molar-refractivity contribution in [2.45, 2.75) is 122 Å². The maximum absolute atomic E-state index is 12.8. The van der Waals surface area contributed by atoms with Crippen LogP contribution in [0.1, 0.15) is 98.3 Å². The van der Waals surface area contributed by atoms with Gasteiger partial charge in [-0.05, 0) is 62.6 Å². The first-order valence-electron chi connectivity index (χ1n) is 12.7. The van der Waals surface area contributed by atoms with Crippen molar-refractivity contribution in [1.82, 2.24) is 0 Å². The molecule has 0 spiro atoms. The predicted molar refractivity (Wildman–Crippen MR) is 134 cm³/mol. The van der Waals surface area contributed by atoms with E-state index in [1.165, 1.54) is 12.0 Å². The Bertz CT molecular complexity index is 710. The maximum atomic E-state index is 12.8. The largest absolute Gasteiger partial charge is 0.479 e. The summed E-state index contributed by atoms with van der Waals surface area (Å²) in [5, 5.41) is 10.4. The summed E-state index contributed by atoms with van der Waals surface area (Å²) >= 11 is 0. The highest BCUT2D eigenvalue weighted by Crippen LogP contribution is 2.46. The van der Waals surface area contributed by atoms with Gasteiger partial charge in [-0.3, -0.25) is 4.79 Å². The number of carbonyl (C=O) groups is 2. The molecule has 0 saturated heterocycles. The van der Waals surface area contributed by atoms with Crippen molar-refractivity contribution in [3.8, 4) is 0 Å². The number of allylic oxidation sites excluding steroid dienone is 4. The number of carbonyl (C=O) groups excluding carboxylic acids is 1. The van der Waals surface area contributed by atoms with Crippen molar-refractivity contribution < 1.29 is 19.1 Å². The minimum Gasteiger partial charge on any atom is -0.479 e. The lowest BCUT2D eigenvalue weighted by Crippen LogP contribution is -2.57. The summed E-state index contributed by atoms with van der Waals surface area (Å²) in [5.74, 6) is -0.368. The molecule has 0 heterocycles. The van der Waals surface area contributed by atoms with E-state index in [-0.39, 0.29) is 16.9 Å². The molecule has 182 valence electrons. The molecule has 2 aliphatic rings. The molecular weight excluding hydrogens is 416 g/mol. The molecule has 0 aromatic carbocycles. The highest BCUT2D eigenvalue weighted by molar-refractivity contribution is 6.74. The Hall–Kier alpha value is -1.20. The molecule has 32 heavy (non-hydrogen) atoms. The molecule has 1 N–H and O–H groups in total. The molecule has 4 nitrogen and oxygen atoms in total. The SMILES string of the molecule is CCCC1=CCC(=O)[C@@H]1CC=CCCC(O[Si](C)(C)C(C)(C)C)(C(=O)O)C1CCCCC1. The number of hydrogen-bond acceptors (Lipinski definition) is 3. The van der Waals surface area contributed by atoms with E-state index in [0.717, 1.165) is 44.9 Å². The lowest BCUT2D eigenvalue weighted by molar-refractivity contribution is -0.165. The molecule has 5 heteroatoms. The molecule has 0 aromatic heterocycles. The molecule has 0 radical (unpaired) electrons. The van der Waals surface area contributed by atoms with Gasteiger partial charge in [0.25, 0.3) is 0 Å². The van der Waals surface area contributed by atoms with Crippen LogP contribution < -0.4 is 0 Å². The number of Topliss-reactive ketones (excluding diaryl/α,β-unsaturated/α-hetero) is 1. The van der Waals surface area contributed by atoms with E-state index < -0.39 is 19.9 Å². The molecule has 2 atom stereocenters. The Labute approximate surface area is 197 Å². The normalized spacial score (nSPS) is 22.9. The number of carboxylic acids is 1. The van der Waals surface area contributed by atoms with Crippen LogP contribution in [0.5, 0.6) is 0 Å². The van der Waals surface area contributed by atoms with E-state index in [2.05, 4.69) is 59.0 Å². The number of carboxylic acid groups (broad SMARTS) is 1. The van der Waals surface area contributed by atoms with Gasteiger partial charge in [0.15, 0.2) is 13.9 Å². The zero-order chi connectivity index (χ0) is 24.0. The minimum atomic E-state index is -2.26. The summed E-state index contributed by atoms with van der Waals surface area (Å²) < 4.78 is 6.78. The van der Waals surface area contributed by atoms with Crippen LogP contribution in [0.3, 0.4) is 0 Å². The molecule has 1 fully saturated rings. The Balaban J connectivity index is 2.14. The summed E-state index contributed by atoms with van der Waals surface area (Å²) in [6, 6.07) is 0. The van der Waals surface area contributed by atoms with Crippen LogP contribution in [0.2, 0.25) is 18.1 Å². The second-order valence-corrected chi connectivity index (χ2v) is 16.1. The van der Waals surface area contributed by atoms with Gasteiger partial charge in [0.2, 0.25) is 0 Å². The van der Waals surface area contributed by atoms with Gasteiger partial charge in [-0.15, -0.1) is 0 Å². The van der Waals surface area contributed by atoms with Crippen LogP contribution in [-0.4, -0.2) is 30.8 Å². The van der Waals surface area contributed by atoms with Gasteiger partial charge in [0, 0.05) is 12.3 Å². The van der Waals surface area contributed by atoms with Crippen molar-refractivity contribution >= 4 is 20.1 Å². The highest BCUT2D eigenvalue weighted by Gasteiger charge is 2.52. The number of aliphatic carboxylic acids is 1. The quantitative estimate of drug-likeness (QED) is 0.256. The van der Waals surface area contributed by atoms with E-state index in [4.69, 9.17) is 4.43 Å².